The number of ether oxygens (including phenoxy) is 1. The van der Waals surface area contributed by atoms with Gasteiger partial charge in [-0.25, -0.2) is 4.98 Å². The Morgan fingerprint density at radius 1 is 1.25 bits per heavy atom. The van der Waals surface area contributed by atoms with Crippen molar-refractivity contribution < 1.29 is 9.53 Å². The molecule has 1 saturated heterocycles. The van der Waals surface area contributed by atoms with Crippen LogP contribution in [0.25, 0.3) is 0 Å². The number of hydrogen-bond donors (Lipinski definition) is 4. The molecule has 32 heavy (non-hydrogen) atoms. The number of aromatic nitrogens is 2. The van der Waals surface area contributed by atoms with Gasteiger partial charge in [-0.15, -0.1) is 0 Å². The van der Waals surface area contributed by atoms with Crippen molar-refractivity contribution in [1.82, 2.24) is 20.2 Å². The van der Waals surface area contributed by atoms with E-state index in [-0.39, 0.29) is 6.04 Å². The van der Waals surface area contributed by atoms with Gasteiger partial charge >= 0.3 is 0 Å². The van der Waals surface area contributed by atoms with E-state index >= 15 is 0 Å². The highest BCUT2D eigenvalue weighted by atomic mass is 16.5. The van der Waals surface area contributed by atoms with Crippen molar-refractivity contribution in [1.29, 1.82) is 0 Å². The lowest BCUT2D eigenvalue weighted by Crippen LogP contribution is -2.46. The van der Waals surface area contributed by atoms with E-state index in [9.17, 15) is 4.79 Å². The predicted molar refractivity (Wildman–Crippen MR) is 123 cm³/mol. The molecule has 170 valence electrons. The molecule has 5 rings (SSSR count). The summed E-state index contributed by atoms with van der Waals surface area (Å²) < 4.78 is 5.63. The summed E-state index contributed by atoms with van der Waals surface area (Å²) in [4.78, 5) is 23.4. The van der Waals surface area contributed by atoms with Crippen LogP contribution >= 0.6 is 0 Å². The molecule has 5 N–H and O–H groups in total. The third kappa shape index (κ3) is 3.98. The highest BCUT2D eigenvalue weighted by molar-refractivity contribution is 5.97. The Labute approximate surface area is 188 Å². The monoisotopic (exact) mass is 437 g/mol. The SMILES string of the molecule is COc1cc2c(cc1Nc1ncc(C(N)=O)c(NC3C4CCC3CNC4)n1)CN(C)CC2. The summed E-state index contributed by atoms with van der Waals surface area (Å²) in [6.45, 7) is 3.89. The van der Waals surface area contributed by atoms with Crippen LogP contribution in [0.3, 0.4) is 0 Å². The van der Waals surface area contributed by atoms with Crippen LogP contribution in [0.2, 0.25) is 0 Å². The lowest BCUT2D eigenvalue weighted by molar-refractivity contribution is 0.100. The summed E-state index contributed by atoms with van der Waals surface area (Å²) in [5, 5.41) is 10.3. The molecule has 3 aliphatic rings. The number of primary amides is 1. The fourth-order valence-electron chi connectivity index (χ4n) is 5.33. The minimum Gasteiger partial charge on any atom is -0.495 e. The molecule has 1 aromatic carbocycles. The zero-order valence-electron chi connectivity index (χ0n) is 18.6. The van der Waals surface area contributed by atoms with Gasteiger partial charge < -0.3 is 31.3 Å². The van der Waals surface area contributed by atoms with E-state index in [0.717, 1.165) is 44.0 Å². The van der Waals surface area contributed by atoms with E-state index in [1.54, 1.807) is 7.11 Å². The largest absolute Gasteiger partial charge is 0.495 e. The Hall–Kier alpha value is -2.91. The molecule has 1 amide bonds. The molecule has 9 nitrogen and oxygen atoms in total. The Kier molecular flexibility index (Phi) is 5.60. The number of benzene rings is 1. The van der Waals surface area contributed by atoms with Crippen LogP contribution in [0, 0.1) is 11.8 Å². The first-order valence-corrected chi connectivity index (χ1v) is 11.3. The zero-order chi connectivity index (χ0) is 22.2. The smallest absolute Gasteiger partial charge is 0.254 e. The maximum Gasteiger partial charge on any atom is 0.254 e. The van der Waals surface area contributed by atoms with Crippen molar-refractivity contribution in [3.05, 3.63) is 35.0 Å². The number of nitrogens with zero attached hydrogens (tertiary/aromatic N) is 3. The van der Waals surface area contributed by atoms with Crippen molar-refractivity contribution in [2.75, 3.05) is 44.4 Å². The average Bonchev–Trinajstić information content (AvgIpc) is 2.99. The van der Waals surface area contributed by atoms with Crippen LogP contribution in [0.1, 0.15) is 34.3 Å². The van der Waals surface area contributed by atoms with Gasteiger partial charge in [0.15, 0.2) is 0 Å². The van der Waals surface area contributed by atoms with E-state index < -0.39 is 5.91 Å². The number of methoxy groups -OCH3 is 1. The van der Waals surface area contributed by atoms with Gasteiger partial charge in [-0.3, -0.25) is 4.79 Å². The van der Waals surface area contributed by atoms with Gasteiger partial charge in [0, 0.05) is 25.3 Å². The number of likely N-dealkylation sites (N-methyl/N-ethyl adjacent to an activating group) is 1. The number of nitrogens with two attached hydrogens (primary N) is 1. The minimum atomic E-state index is -0.533. The number of nitrogens with one attached hydrogen (secondary N) is 3. The van der Waals surface area contributed by atoms with Crippen molar-refractivity contribution in [2.45, 2.75) is 31.8 Å². The molecule has 1 saturated carbocycles. The van der Waals surface area contributed by atoms with Gasteiger partial charge in [0.05, 0.1) is 18.4 Å². The molecule has 2 aromatic rings. The summed E-state index contributed by atoms with van der Waals surface area (Å²) in [5.74, 6) is 2.17. The molecule has 3 heterocycles. The number of carbonyl (C=O) groups excluding carboxylic acids is 1. The van der Waals surface area contributed by atoms with Gasteiger partial charge in [-0.05, 0) is 74.5 Å². The second-order valence-electron chi connectivity index (χ2n) is 9.18. The third-order valence-corrected chi connectivity index (χ3v) is 7.07. The molecule has 0 spiro atoms. The van der Waals surface area contributed by atoms with Crippen LogP contribution in [0.15, 0.2) is 18.3 Å². The number of rotatable bonds is 6. The maximum absolute atomic E-state index is 12.0. The van der Waals surface area contributed by atoms with Gasteiger partial charge in [0.2, 0.25) is 5.95 Å². The number of amides is 1. The van der Waals surface area contributed by atoms with Gasteiger partial charge in [0.1, 0.15) is 11.6 Å². The molecule has 1 aliphatic carbocycles. The molecular weight excluding hydrogens is 406 g/mol. The second-order valence-corrected chi connectivity index (χ2v) is 9.18. The molecule has 1 aromatic heterocycles. The van der Waals surface area contributed by atoms with E-state index in [1.807, 2.05) is 0 Å². The van der Waals surface area contributed by atoms with Gasteiger partial charge in [-0.2, -0.15) is 4.98 Å². The quantitative estimate of drug-likeness (QED) is 0.540. The number of piperidine rings is 1. The maximum atomic E-state index is 12.0. The average molecular weight is 438 g/mol. The fourth-order valence-corrected chi connectivity index (χ4v) is 5.33. The minimum absolute atomic E-state index is 0.283. The van der Waals surface area contributed by atoms with Crippen LogP contribution in [-0.2, 0) is 13.0 Å². The zero-order valence-corrected chi connectivity index (χ0v) is 18.6. The van der Waals surface area contributed by atoms with Crippen molar-refractivity contribution in [3.8, 4) is 5.75 Å². The van der Waals surface area contributed by atoms with Crippen molar-refractivity contribution in [3.63, 3.8) is 0 Å². The Morgan fingerprint density at radius 3 is 2.75 bits per heavy atom. The highest BCUT2D eigenvalue weighted by Crippen LogP contribution is 2.37. The second kappa shape index (κ2) is 8.55. The normalized spacial score (nSPS) is 24.6. The molecule has 2 atom stereocenters. The summed E-state index contributed by atoms with van der Waals surface area (Å²) in [6.07, 6.45) is 4.86. The summed E-state index contributed by atoms with van der Waals surface area (Å²) in [5.41, 5.74) is 9.31. The summed E-state index contributed by atoms with van der Waals surface area (Å²) >= 11 is 0. The first-order chi connectivity index (χ1) is 15.5. The summed E-state index contributed by atoms with van der Waals surface area (Å²) in [6, 6.07) is 4.48. The molecule has 2 unspecified atom stereocenters. The number of hydrogen-bond acceptors (Lipinski definition) is 8. The van der Waals surface area contributed by atoms with E-state index in [2.05, 4.69) is 50.0 Å². The Bertz CT molecular complexity index is 1010. The first-order valence-electron chi connectivity index (χ1n) is 11.3. The van der Waals surface area contributed by atoms with Crippen molar-refractivity contribution >= 4 is 23.4 Å². The summed E-state index contributed by atoms with van der Waals surface area (Å²) in [7, 11) is 3.79. The molecule has 0 radical (unpaired) electrons. The van der Waals surface area contributed by atoms with Gasteiger partial charge in [0.25, 0.3) is 5.91 Å². The number of anilines is 3. The Morgan fingerprint density at radius 2 is 2.03 bits per heavy atom. The lowest BCUT2D eigenvalue weighted by atomic mass is 9.93. The van der Waals surface area contributed by atoms with E-state index in [4.69, 9.17) is 10.5 Å². The Balaban J connectivity index is 1.44. The molecule has 2 aliphatic heterocycles. The van der Waals surface area contributed by atoms with Crippen LogP contribution < -0.4 is 26.4 Å². The topological polar surface area (TPSA) is 117 Å². The van der Waals surface area contributed by atoms with Crippen LogP contribution in [-0.4, -0.2) is 60.6 Å². The predicted octanol–water partition coefficient (Wildman–Crippen LogP) is 1.73. The third-order valence-electron chi connectivity index (χ3n) is 7.07. The number of carbonyl (C=O) groups is 1. The highest BCUT2D eigenvalue weighted by Gasteiger charge is 2.39. The lowest BCUT2D eigenvalue weighted by Gasteiger charge is -2.32. The van der Waals surface area contributed by atoms with E-state index in [0.29, 0.717) is 29.2 Å². The molecular formula is C23H31N7O2. The fraction of sp³-hybridized carbons (Fsp3) is 0.522. The van der Waals surface area contributed by atoms with Crippen LogP contribution in [0.5, 0.6) is 5.75 Å². The van der Waals surface area contributed by atoms with Crippen LogP contribution in [0.4, 0.5) is 17.5 Å². The molecule has 2 fully saturated rings. The molecule has 9 heteroatoms. The van der Waals surface area contributed by atoms with Gasteiger partial charge in [-0.1, -0.05) is 0 Å². The first kappa shape index (κ1) is 21.0. The van der Waals surface area contributed by atoms with Crippen molar-refractivity contribution in [2.24, 2.45) is 17.6 Å². The molecule has 2 bridgehead atoms. The standard InChI is InChI=1S/C23H31N7O2/c1-30-6-5-13-8-19(32-2)18(7-16(13)12-30)27-23-26-11-17(21(24)31)22(29-23)28-20-14-3-4-15(20)10-25-9-14/h7-8,11,14-15,20,25H,3-6,9-10,12H2,1-2H3,(H2,24,31)(H2,26,27,28,29). The van der Waals surface area contributed by atoms with E-state index in [1.165, 1.54) is 30.2 Å². The number of fused-ring (bicyclic) bond motifs is 3.